The van der Waals surface area contributed by atoms with Crippen LogP contribution in [0.4, 0.5) is 0 Å². The molecular formula is C37H48N10O13. The number of carbonyl (C=O) groups excluding carboxylic acids is 7. The molecule has 16 N–H and O–H groups in total. The number of amides is 7. The van der Waals surface area contributed by atoms with Crippen molar-refractivity contribution < 1.29 is 63.9 Å². The molecule has 0 spiro atoms. The summed E-state index contributed by atoms with van der Waals surface area (Å²) in [5.41, 5.74) is 12.6. The molecule has 23 heteroatoms. The van der Waals surface area contributed by atoms with E-state index in [1.807, 2.05) is 0 Å². The first-order valence-electron chi connectivity index (χ1n) is 18.2. The number of rotatable bonds is 23. The topological polar surface area (TPSA) is 391 Å². The van der Waals surface area contributed by atoms with E-state index in [9.17, 15) is 63.9 Å². The molecule has 0 saturated carbocycles. The predicted molar refractivity (Wildman–Crippen MR) is 207 cm³/mol. The number of H-pyrrole nitrogens is 1. The van der Waals surface area contributed by atoms with Gasteiger partial charge in [0.2, 0.25) is 41.4 Å². The largest absolute Gasteiger partial charge is 0.508 e. The lowest BCUT2D eigenvalue weighted by molar-refractivity contribution is -0.143. The summed E-state index contributed by atoms with van der Waals surface area (Å²) < 4.78 is 0. The van der Waals surface area contributed by atoms with Gasteiger partial charge in [-0.1, -0.05) is 24.3 Å². The number of aromatic hydroxyl groups is 2. The van der Waals surface area contributed by atoms with Gasteiger partial charge >= 0.3 is 5.97 Å². The van der Waals surface area contributed by atoms with Crippen molar-refractivity contribution in [3.8, 4) is 11.5 Å². The minimum Gasteiger partial charge on any atom is -0.508 e. The maximum absolute atomic E-state index is 13.3. The number of aliphatic carboxylic acids is 1. The summed E-state index contributed by atoms with van der Waals surface area (Å²) in [7, 11) is 0. The Labute approximate surface area is 341 Å². The van der Waals surface area contributed by atoms with E-state index in [-0.39, 0.29) is 36.5 Å². The Kier molecular flexibility index (Phi) is 17.9. The molecule has 0 saturated heterocycles. The van der Waals surface area contributed by atoms with Gasteiger partial charge in [0.25, 0.3) is 0 Å². The highest BCUT2D eigenvalue weighted by Crippen LogP contribution is 2.13. The van der Waals surface area contributed by atoms with Gasteiger partial charge in [-0.05, 0) is 48.7 Å². The summed E-state index contributed by atoms with van der Waals surface area (Å²) in [5.74, 6) is -8.77. The van der Waals surface area contributed by atoms with Gasteiger partial charge in [0.05, 0.1) is 43.7 Å². The number of primary amides is 1. The molecule has 1 aromatic heterocycles. The summed E-state index contributed by atoms with van der Waals surface area (Å²) in [5, 5.41) is 62.4. The number of hydrogen-bond donors (Lipinski definition) is 14. The molecule has 7 atom stereocenters. The zero-order chi connectivity index (χ0) is 44.5. The van der Waals surface area contributed by atoms with Crippen molar-refractivity contribution in [2.24, 2.45) is 11.5 Å². The number of nitrogens with two attached hydrogens (primary N) is 2. The molecule has 324 valence electrons. The van der Waals surface area contributed by atoms with Gasteiger partial charge < -0.3 is 73.9 Å². The van der Waals surface area contributed by atoms with Crippen molar-refractivity contribution >= 4 is 47.3 Å². The molecule has 0 aliphatic carbocycles. The molecule has 0 aliphatic rings. The van der Waals surface area contributed by atoms with Gasteiger partial charge in [-0.3, -0.25) is 33.6 Å². The highest BCUT2D eigenvalue weighted by Gasteiger charge is 2.34. The smallest absolute Gasteiger partial charge is 0.326 e. The monoisotopic (exact) mass is 840 g/mol. The quantitative estimate of drug-likeness (QED) is 0.0425. The number of benzene rings is 2. The van der Waals surface area contributed by atoms with Gasteiger partial charge in [0.1, 0.15) is 41.7 Å². The fraction of sp³-hybridized carbons (Fsp3) is 0.378. The third kappa shape index (κ3) is 15.3. The maximum Gasteiger partial charge on any atom is 0.326 e. The van der Waals surface area contributed by atoms with Gasteiger partial charge in [-0.15, -0.1) is 0 Å². The van der Waals surface area contributed by atoms with Crippen LogP contribution >= 0.6 is 0 Å². The predicted octanol–water partition coefficient (Wildman–Crippen LogP) is -4.95. The number of carboxylic acids is 1. The fourth-order valence-corrected chi connectivity index (χ4v) is 5.48. The zero-order valence-electron chi connectivity index (χ0n) is 32.2. The summed E-state index contributed by atoms with van der Waals surface area (Å²) in [6.45, 7) is -0.636. The first-order valence-corrected chi connectivity index (χ1v) is 18.2. The van der Waals surface area contributed by atoms with E-state index >= 15 is 0 Å². The molecule has 0 aliphatic heterocycles. The van der Waals surface area contributed by atoms with Crippen molar-refractivity contribution in [1.29, 1.82) is 0 Å². The Bertz CT molecular complexity index is 1960. The number of aromatic nitrogens is 2. The Morgan fingerprint density at radius 1 is 0.700 bits per heavy atom. The number of phenolic OH excluding ortho intramolecular Hbond substituents is 2. The molecule has 0 fully saturated rings. The molecule has 2 aromatic carbocycles. The maximum atomic E-state index is 13.3. The molecular weight excluding hydrogens is 792 g/mol. The second kappa shape index (κ2) is 22.7. The number of carboxylic acid groups (broad SMARTS) is 1. The summed E-state index contributed by atoms with van der Waals surface area (Å²) in [6.07, 6.45) is -0.194. The Hall–Kier alpha value is -7.11. The van der Waals surface area contributed by atoms with Crippen LogP contribution in [0, 0.1) is 0 Å². The summed E-state index contributed by atoms with van der Waals surface area (Å²) >= 11 is 0. The third-order valence-electron chi connectivity index (χ3n) is 8.68. The Balaban J connectivity index is 1.64. The van der Waals surface area contributed by atoms with Gasteiger partial charge in [0.15, 0.2) is 0 Å². The molecule has 0 bridgehead atoms. The van der Waals surface area contributed by atoms with Crippen LogP contribution in [0.15, 0.2) is 61.1 Å². The highest BCUT2D eigenvalue weighted by atomic mass is 16.4. The lowest BCUT2D eigenvalue weighted by atomic mass is 10.0. The summed E-state index contributed by atoms with van der Waals surface area (Å²) in [6, 6.07) is 2.07. The van der Waals surface area contributed by atoms with E-state index < -0.39 is 109 Å². The van der Waals surface area contributed by atoms with Gasteiger partial charge in [-0.2, -0.15) is 0 Å². The number of aromatic amines is 1. The molecule has 3 aromatic rings. The van der Waals surface area contributed by atoms with E-state index in [4.69, 9.17) is 11.5 Å². The van der Waals surface area contributed by atoms with Crippen LogP contribution in [0.1, 0.15) is 30.2 Å². The van der Waals surface area contributed by atoms with Crippen LogP contribution in [0.2, 0.25) is 0 Å². The number of imidazole rings is 1. The van der Waals surface area contributed by atoms with E-state index in [0.29, 0.717) is 11.1 Å². The third-order valence-corrected chi connectivity index (χ3v) is 8.68. The highest BCUT2D eigenvalue weighted by molar-refractivity contribution is 5.97. The van der Waals surface area contributed by atoms with Crippen LogP contribution in [-0.2, 0) is 57.6 Å². The number of aliphatic hydroxyl groups is 2. The molecule has 1 heterocycles. The van der Waals surface area contributed by atoms with Crippen LogP contribution in [0.3, 0.4) is 0 Å². The number of phenols is 2. The van der Waals surface area contributed by atoms with Crippen LogP contribution < -0.4 is 43.4 Å². The SMILES string of the molecule is C[C@@H](O)[C@H](NC(=O)[C@H](CC(N)=O)NC(=O)CNC(=O)[C@H](Cc1c[nH]cn1)NC(=O)[C@H](CO)NC(=O)[C@@H](N)Cc1ccc(O)cc1)C(=O)N[C@@H](Cc1ccc(O)cc1)C(=O)O. The number of carbonyl (C=O) groups is 8. The Morgan fingerprint density at radius 2 is 1.25 bits per heavy atom. The van der Waals surface area contributed by atoms with Crippen LogP contribution in [0.25, 0.3) is 0 Å². The first-order chi connectivity index (χ1) is 28.4. The second-order valence-corrected chi connectivity index (χ2v) is 13.6. The average Bonchev–Trinajstić information content (AvgIpc) is 3.71. The normalized spacial score (nSPS) is 14.4. The van der Waals surface area contributed by atoms with E-state index in [2.05, 4.69) is 41.9 Å². The minimum atomic E-state index is -1.79. The molecule has 23 nitrogen and oxygen atoms in total. The summed E-state index contributed by atoms with van der Waals surface area (Å²) in [4.78, 5) is 109. The van der Waals surface area contributed by atoms with Gasteiger partial charge in [-0.25, -0.2) is 9.78 Å². The van der Waals surface area contributed by atoms with Crippen LogP contribution in [-0.4, -0.2) is 138 Å². The average molecular weight is 841 g/mol. The standard InChI is InChI=1S/C37H48N10O13/c1-18(49)31(36(58)45-27(37(59)60)11-20-4-8-23(51)9-5-20)47-34(56)26(13-29(39)52)43-30(53)15-41-33(55)25(12-21-14-40-17-42-21)44-35(57)28(16-48)46-32(54)24(38)10-19-2-6-22(50)7-3-19/h2-9,14,17-18,24-28,31,48-51H,10-13,15-16,38H2,1H3,(H2,39,52)(H,40,42)(H,41,55)(H,43,53)(H,44,57)(H,45,58)(H,46,54)(H,47,56)(H,59,60)/t18-,24+,25+,26+,27+,28+,31+/m1/s1. The first kappa shape index (κ1) is 47.3. The fourth-order valence-electron chi connectivity index (χ4n) is 5.48. The van der Waals surface area contributed by atoms with Crippen molar-refractivity contribution in [3.63, 3.8) is 0 Å². The molecule has 7 amide bonds. The van der Waals surface area contributed by atoms with Crippen molar-refractivity contribution in [1.82, 2.24) is 41.9 Å². The second-order valence-electron chi connectivity index (χ2n) is 13.6. The lowest BCUT2D eigenvalue weighted by Crippen LogP contribution is -2.60. The lowest BCUT2D eigenvalue weighted by Gasteiger charge is -2.26. The molecule has 60 heavy (non-hydrogen) atoms. The number of hydrogen-bond acceptors (Lipinski definition) is 14. The van der Waals surface area contributed by atoms with Crippen molar-refractivity contribution in [2.75, 3.05) is 13.2 Å². The minimum absolute atomic E-state index is 0.00245. The van der Waals surface area contributed by atoms with E-state index in [0.717, 1.165) is 6.92 Å². The molecule has 3 rings (SSSR count). The van der Waals surface area contributed by atoms with E-state index in [1.165, 1.54) is 48.9 Å². The van der Waals surface area contributed by atoms with Crippen LogP contribution in [0.5, 0.6) is 11.5 Å². The van der Waals surface area contributed by atoms with Crippen molar-refractivity contribution in [2.45, 2.75) is 75.0 Å². The molecule has 0 unspecified atom stereocenters. The molecule has 0 radical (unpaired) electrons. The Morgan fingerprint density at radius 3 is 1.77 bits per heavy atom. The number of nitrogens with zero attached hydrogens (tertiary/aromatic N) is 1. The number of aliphatic hydroxyl groups excluding tert-OH is 2. The van der Waals surface area contributed by atoms with E-state index in [1.54, 1.807) is 12.1 Å². The number of nitrogens with one attached hydrogen (secondary N) is 7. The van der Waals surface area contributed by atoms with Gasteiger partial charge in [0, 0.05) is 19.0 Å². The van der Waals surface area contributed by atoms with Crippen molar-refractivity contribution in [3.05, 3.63) is 77.9 Å². The zero-order valence-corrected chi connectivity index (χ0v) is 32.2.